The molecule has 12 nitrogen and oxygen atoms in total. The van der Waals surface area contributed by atoms with E-state index in [2.05, 4.69) is 251 Å². The number of aromatic nitrogens is 6. The summed E-state index contributed by atoms with van der Waals surface area (Å²) in [5.41, 5.74) is 22.3. The summed E-state index contributed by atoms with van der Waals surface area (Å²) in [4.78, 5) is 31.6. The van der Waals surface area contributed by atoms with Crippen molar-refractivity contribution in [2.75, 3.05) is 62.2 Å². The van der Waals surface area contributed by atoms with Crippen molar-refractivity contribution >= 4 is 41.1 Å². The number of hydrogen-bond acceptors (Lipinski definition) is 10. The Hall–Kier alpha value is -12.4. The van der Waals surface area contributed by atoms with Crippen LogP contribution in [0.5, 0.6) is 0 Å². The summed E-state index contributed by atoms with van der Waals surface area (Å²) in [5, 5.41) is 4.53. The second kappa shape index (κ2) is 46.8. The minimum atomic E-state index is -10.7. The molecule has 4 aliphatic rings. The number of fused-ring (bicyclic) bond motifs is 4. The molecule has 0 fully saturated rings. The summed E-state index contributed by atoms with van der Waals surface area (Å²) in [6, 6.07) is 95.3. The van der Waals surface area contributed by atoms with Gasteiger partial charge < -0.3 is 41.4 Å². The van der Waals surface area contributed by atoms with Gasteiger partial charge in [-0.15, -0.1) is 107 Å². The summed E-state index contributed by atoms with van der Waals surface area (Å²) in [6.07, 6.45) is 24.4. The zero-order chi connectivity index (χ0) is 86.4. The van der Waals surface area contributed by atoms with Gasteiger partial charge in [-0.3, -0.25) is 31.8 Å². The van der Waals surface area contributed by atoms with Gasteiger partial charge >= 0.3 is 73.5 Å². The van der Waals surface area contributed by atoms with Crippen LogP contribution in [0.25, 0.3) is 112 Å². The molecule has 0 amide bonds. The van der Waals surface area contributed by atoms with Crippen molar-refractivity contribution < 1.29 is 74.6 Å². The van der Waals surface area contributed by atoms with E-state index in [0.717, 1.165) is 176 Å². The number of anilines is 2. The third-order valence-electron chi connectivity index (χ3n) is 19.5. The molecule has 0 atom stereocenters. The molecule has 0 bridgehead atoms. The van der Waals surface area contributed by atoms with E-state index in [-0.39, 0.29) is 48.0 Å². The fourth-order valence-corrected chi connectivity index (χ4v) is 13.5. The summed E-state index contributed by atoms with van der Waals surface area (Å²) in [7, 11) is -10.7. The summed E-state index contributed by atoms with van der Waals surface area (Å²) < 4.78 is 77.1. The summed E-state index contributed by atoms with van der Waals surface area (Å²) in [5.74, 6) is 6.32. The minimum absolute atomic E-state index is 0. The monoisotopic (exact) mass is 1950 g/mol. The van der Waals surface area contributed by atoms with E-state index in [1.165, 1.54) is 33.2 Å². The number of benzene rings is 8. The second-order valence-electron chi connectivity index (χ2n) is 27.6. The van der Waals surface area contributed by atoms with E-state index in [0.29, 0.717) is 0 Å². The molecule has 0 saturated heterocycles. The Balaban J connectivity index is 0.000000222. The maximum Gasteiger partial charge on any atom is 2.00 e. The Labute approximate surface area is 752 Å². The molecule has 21 heteroatoms. The van der Waals surface area contributed by atoms with Crippen LogP contribution in [0.3, 0.4) is 0 Å². The van der Waals surface area contributed by atoms with E-state index in [9.17, 15) is 25.2 Å². The number of hydrogen-bond donors (Lipinski definition) is 0. The second-order valence-corrected chi connectivity index (χ2v) is 29.5. The summed E-state index contributed by atoms with van der Waals surface area (Å²) in [6.45, 7) is 29.2. The molecule has 0 spiro atoms. The first-order valence-corrected chi connectivity index (χ1v) is 42.1. The van der Waals surface area contributed by atoms with Gasteiger partial charge in [-0.1, -0.05) is 68.1 Å². The van der Waals surface area contributed by atoms with E-state index in [1.807, 2.05) is 183 Å². The van der Waals surface area contributed by atoms with E-state index >= 15 is 0 Å². The Kier molecular flexibility index (Phi) is 37.2. The van der Waals surface area contributed by atoms with Gasteiger partial charge in [-0.2, -0.15) is 0 Å². The molecule has 2 aliphatic heterocycles. The van der Waals surface area contributed by atoms with Gasteiger partial charge in [0.2, 0.25) is 10.7 Å². The Bertz CT molecular complexity index is 5760. The van der Waals surface area contributed by atoms with Crippen molar-refractivity contribution in [3.8, 4) is 102 Å². The average molecular weight is 1950 g/mol. The molecule has 124 heavy (non-hydrogen) atoms. The summed E-state index contributed by atoms with van der Waals surface area (Å²) >= 11 is 0. The van der Waals surface area contributed by atoms with Crippen molar-refractivity contribution in [2.24, 2.45) is 0 Å². The molecule has 6 aromatic carbocycles. The molecule has 8 heterocycles. The van der Waals surface area contributed by atoms with E-state index in [1.54, 1.807) is 12.4 Å². The van der Waals surface area contributed by atoms with Crippen molar-refractivity contribution in [3.63, 3.8) is 0 Å². The van der Waals surface area contributed by atoms with Crippen LogP contribution in [0.2, 0.25) is 0 Å². The van der Waals surface area contributed by atoms with Gasteiger partial charge in [0.1, 0.15) is 48.9 Å². The standard InChI is InChI=1S/2C32H35N4O.2C11H8N.2C8H5.CH4.F6P.Pt.Rh/c2*1-6-35(7-2)24-10-12-26-30(20-24)37-31-21-25(36(8-3)9-4)11-13-27(31)32(26)23-15-17-34-29(19-23)28-18-22(5)14-16-33-28;2*1-2-6-10(7-3-1)11-8-4-5-9-12-11;2*1-2-8-6-4-3-5-7-8;;1-7(2,3,4,5)6;;/h2*10-21H,6-9H2,1-5H3;2*1-6,8-9H;2*3-7H;1H4;;;/q2*+1;4*-1;;-1;2*+2. The molecule has 12 aromatic rings. The first kappa shape index (κ1) is 98.8. The molecule has 0 N–H and O–H groups in total. The maximum atomic E-state index is 9.87. The Morgan fingerprint density at radius 1 is 0.371 bits per heavy atom. The molecular weight excluding hydrogens is 1850 g/mol. The first-order chi connectivity index (χ1) is 58.4. The van der Waals surface area contributed by atoms with Crippen LogP contribution in [-0.4, -0.2) is 82.3 Å². The van der Waals surface area contributed by atoms with Gasteiger partial charge in [0.15, 0.2) is 0 Å². The predicted molar refractivity (Wildman–Crippen MR) is 491 cm³/mol. The van der Waals surface area contributed by atoms with Crippen LogP contribution >= 0.6 is 7.81 Å². The molecule has 0 unspecified atom stereocenters. The number of aryl methyl sites for hydroxylation is 2. The quantitative estimate of drug-likeness (QED) is 0.0176. The van der Waals surface area contributed by atoms with Gasteiger partial charge in [0, 0.05) is 132 Å². The van der Waals surface area contributed by atoms with Gasteiger partial charge in [0.05, 0.1) is 34.9 Å². The fourth-order valence-electron chi connectivity index (χ4n) is 13.5. The fraction of sp³-hybridized carbons (Fsp3) is 0.184. The molecule has 2 aliphatic carbocycles. The molecule has 6 aromatic heterocycles. The first-order valence-electron chi connectivity index (χ1n) is 40.1. The third-order valence-corrected chi connectivity index (χ3v) is 19.5. The van der Waals surface area contributed by atoms with Gasteiger partial charge in [0.25, 0.3) is 0 Å². The van der Waals surface area contributed by atoms with Crippen LogP contribution in [0.4, 0.5) is 36.6 Å². The number of nitrogens with zero attached hydrogens (tertiary/aromatic N) is 10. The van der Waals surface area contributed by atoms with Gasteiger partial charge in [-0.25, -0.2) is 9.15 Å². The van der Waals surface area contributed by atoms with Crippen molar-refractivity contribution in [3.05, 3.63) is 362 Å². The van der Waals surface area contributed by atoms with Crippen LogP contribution < -0.4 is 29.7 Å². The largest absolute Gasteiger partial charge is 2.00 e. The predicted octanol–water partition coefficient (Wildman–Crippen LogP) is 25.6. The van der Waals surface area contributed by atoms with Crippen LogP contribution in [-0.2, 0) is 40.5 Å². The number of rotatable bonds is 16. The Morgan fingerprint density at radius 2 is 0.702 bits per heavy atom. The SMILES string of the molecule is C.CCN(CC)c1ccc2c(-c3ccnc(-c4cc(C)ccn4)c3)c3ccc(=[N+](CC)CC)cc-3oc2c1.CCN(CC)c1ccc2c(-c3ccnc(-c4cc(C)ccn4)c3)c3ccc(=[N+](CC)CC)cc-3oc2c1.F[P-](F)(F)(F)(F)F.[C-]#Cc1ccccc1.[C-]#Cc1ccccc1.[Pt+2].[Rh+2].[c-]1ccccc1-c1ccccn1.[c-]1ccccc1-c1ccccn1. The Morgan fingerprint density at radius 3 is 1.00 bits per heavy atom. The van der Waals surface area contributed by atoms with Gasteiger partial charge in [-0.05, 0) is 200 Å². The van der Waals surface area contributed by atoms with Crippen molar-refractivity contribution in [1.82, 2.24) is 39.1 Å². The van der Waals surface area contributed by atoms with E-state index in [4.69, 9.17) is 21.7 Å². The maximum absolute atomic E-state index is 10.7. The molecule has 0 saturated carbocycles. The van der Waals surface area contributed by atoms with Crippen molar-refractivity contribution in [2.45, 2.75) is 76.7 Å². The minimum Gasteiger partial charge on any atom is -0.366 e. The molecular formula is C103H100F6N10O2PPtRh+. The normalized spacial score (nSPS) is 10.9. The van der Waals surface area contributed by atoms with Crippen LogP contribution in [0.1, 0.15) is 85.1 Å². The molecule has 16 rings (SSSR count). The van der Waals surface area contributed by atoms with Crippen molar-refractivity contribution in [1.29, 1.82) is 0 Å². The van der Waals surface area contributed by atoms with E-state index < -0.39 is 7.81 Å². The topological polar surface area (TPSA) is 116 Å². The number of halogens is 6. The van der Waals surface area contributed by atoms with Crippen LogP contribution in [0, 0.1) is 50.7 Å². The molecule has 1 radical (unpaired) electrons. The average Bonchev–Trinajstić information content (AvgIpc) is 0.755. The molecule has 639 valence electrons. The zero-order valence-corrected chi connectivity index (χ0v) is 75.0. The van der Waals surface area contributed by atoms with Crippen LogP contribution in [0.15, 0.2) is 313 Å². The zero-order valence-electron chi connectivity index (χ0n) is 70.2. The third kappa shape index (κ3) is 28.9. The number of pyridine rings is 6. The smallest absolute Gasteiger partial charge is 0.366 e.